The zero-order valence-corrected chi connectivity index (χ0v) is 14.9. The summed E-state index contributed by atoms with van der Waals surface area (Å²) in [5.41, 5.74) is 1.49. The van der Waals surface area contributed by atoms with Crippen molar-refractivity contribution in [1.29, 1.82) is 0 Å². The normalized spacial score (nSPS) is 13.7. The van der Waals surface area contributed by atoms with E-state index in [1.54, 1.807) is 41.4 Å². The number of amides is 1. The van der Waals surface area contributed by atoms with Gasteiger partial charge in [0, 0.05) is 34.2 Å². The zero-order valence-electron chi connectivity index (χ0n) is 14.1. The lowest BCUT2D eigenvalue weighted by Gasteiger charge is -2.22. The van der Waals surface area contributed by atoms with Crippen molar-refractivity contribution >= 4 is 28.4 Å². The van der Waals surface area contributed by atoms with Crippen molar-refractivity contribution in [2.45, 2.75) is 19.4 Å². The number of rotatable bonds is 5. The molecule has 132 valence electrons. The summed E-state index contributed by atoms with van der Waals surface area (Å²) in [5, 5.41) is 1.46. The molecule has 0 saturated heterocycles. The van der Waals surface area contributed by atoms with Crippen LogP contribution >= 0.6 is 11.6 Å². The van der Waals surface area contributed by atoms with Crippen molar-refractivity contribution in [1.82, 2.24) is 14.9 Å². The fourth-order valence-corrected chi connectivity index (χ4v) is 3.21. The highest BCUT2D eigenvalue weighted by Gasteiger charge is 2.28. The molecule has 1 aromatic carbocycles. The second kappa shape index (κ2) is 6.92. The second-order valence-electron chi connectivity index (χ2n) is 6.70. The first kappa shape index (κ1) is 16.8. The van der Waals surface area contributed by atoms with Gasteiger partial charge in [-0.15, -0.1) is 0 Å². The van der Waals surface area contributed by atoms with Crippen molar-refractivity contribution in [2.24, 2.45) is 5.92 Å². The molecule has 4 rings (SSSR count). The van der Waals surface area contributed by atoms with E-state index >= 15 is 0 Å². The highest BCUT2D eigenvalue weighted by molar-refractivity contribution is 6.31. The quantitative estimate of drug-likeness (QED) is 0.748. The van der Waals surface area contributed by atoms with Crippen LogP contribution in [0.1, 0.15) is 28.9 Å². The topological polar surface area (TPSA) is 66.1 Å². The molecular weight excluding hydrogens is 350 g/mol. The van der Waals surface area contributed by atoms with Crippen molar-refractivity contribution in [3.05, 3.63) is 75.3 Å². The number of carbonyl (C=O) groups is 1. The van der Waals surface area contributed by atoms with E-state index < -0.39 is 0 Å². The predicted molar refractivity (Wildman–Crippen MR) is 101 cm³/mol. The van der Waals surface area contributed by atoms with Crippen molar-refractivity contribution in [3.63, 3.8) is 0 Å². The highest BCUT2D eigenvalue weighted by atomic mass is 35.5. The van der Waals surface area contributed by atoms with E-state index in [2.05, 4.69) is 9.97 Å². The molecule has 6 heteroatoms. The Balaban J connectivity index is 1.67. The SMILES string of the molecule is O=C(c1ccccn1)N(Cc1cc2cc(Cl)ccc2[nH]c1=O)CC1CC1. The van der Waals surface area contributed by atoms with Crippen molar-refractivity contribution in [3.8, 4) is 0 Å². The number of H-pyrrole nitrogens is 1. The number of aromatic nitrogens is 2. The number of nitrogens with zero attached hydrogens (tertiary/aromatic N) is 2. The third kappa shape index (κ3) is 3.63. The molecule has 1 saturated carbocycles. The minimum Gasteiger partial charge on any atom is -0.332 e. The first-order chi connectivity index (χ1) is 12.6. The number of benzene rings is 1. The molecule has 1 N–H and O–H groups in total. The van der Waals surface area contributed by atoms with E-state index in [1.165, 1.54) is 0 Å². The molecule has 5 nitrogen and oxygen atoms in total. The van der Waals surface area contributed by atoms with Gasteiger partial charge < -0.3 is 9.88 Å². The number of halogens is 1. The average Bonchev–Trinajstić information content (AvgIpc) is 3.46. The zero-order chi connectivity index (χ0) is 18.1. The van der Waals surface area contributed by atoms with E-state index in [1.807, 2.05) is 12.1 Å². The van der Waals surface area contributed by atoms with Crippen LogP contribution in [0.3, 0.4) is 0 Å². The summed E-state index contributed by atoms with van der Waals surface area (Å²) >= 11 is 6.06. The number of hydrogen-bond donors (Lipinski definition) is 1. The van der Waals surface area contributed by atoms with Crippen LogP contribution in [-0.2, 0) is 6.54 Å². The Morgan fingerprint density at radius 2 is 2.08 bits per heavy atom. The molecule has 0 atom stereocenters. The van der Waals surface area contributed by atoms with E-state index in [4.69, 9.17) is 11.6 Å². The van der Waals surface area contributed by atoms with Crippen LogP contribution in [0.5, 0.6) is 0 Å². The number of hydrogen-bond acceptors (Lipinski definition) is 3. The van der Waals surface area contributed by atoms with Gasteiger partial charge in [-0.2, -0.15) is 0 Å². The molecule has 1 aliphatic carbocycles. The molecule has 1 amide bonds. The lowest BCUT2D eigenvalue weighted by Crippen LogP contribution is -2.35. The summed E-state index contributed by atoms with van der Waals surface area (Å²) in [7, 11) is 0. The maximum atomic E-state index is 12.9. The molecule has 0 spiro atoms. The maximum Gasteiger partial charge on any atom is 0.272 e. The summed E-state index contributed by atoms with van der Waals surface area (Å²) in [6.45, 7) is 0.895. The van der Waals surface area contributed by atoms with Crippen LogP contribution in [0.4, 0.5) is 0 Å². The molecule has 0 bridgehead atoms. The van der Waals surface area contributed by atoms with E-state index in [9.17, 15) is 9.59 Å². The molecule has 2 aromatic heterocycles. The van der Waals surface area contributed by atoms with Crippen LogP contribution in [0.15, 0.2) is 53.5 Å². The lowest BCUT2D eigenvalue weighted by molar-refractivity contribution is 0.0728. The van der Waals surface area contributed by atoms with Gasteiger partial charge in [0.05, 0.1) is 6.54 Å². The lowest BCUT2D eigenvalue weighted by atomic mass is 10.1. The van der Waals surface area contributed by atoms with Gasteiger partial charge in [0.25, 0.3) is 11.5 Å². The van der Waals surface area contributed by atoms with E-state index in [0.29, 0.717) is 28.7 Å². The number of aromatic amines is 1. The maximum absolute atomic E-state index is 12.9. The summed E-state index contributed by atoms with van der Waals surface area (Å²) < 4.78 is 0. The summed E-state index contributed by atoms with van der Waals surface area (Å²) in [4.78, 5) is 34.1. The fourth-order valence-electron chi connectivity index (χ4n) is 3.03. The van der Waals surface area contributed by atoms with Gasteiger partial charge in [0.1, 0.15) is 5.69 Å². The molecule has 0 aliphatic heterocycles. The molecule has 2 heterocycles. The minimum absolute atomic E-state index is 0.150. The van der Waals surface area contributed by atoms with E-state index in [-0.39, 0.29) is 18.0 Å². The third-order valence-corrected chi connectivity index (χ3v) is 4.83. The average molecular weight is 368 g/mol. The largest absolute Gasteiger partial charge is 0.332 e. The third-order valence-electron chi connectivity index (χ3n) is 4.59. The smallest absolute Gasteiger partial charge is 0.272 e. The van der Waals surface area contributed by atoms with Gasteiger partial charge in [-0.1, -0.05) is 17.7 Å². The Morgan fingerprint density at radius 3 is 2.81 bits per heavy atom. The standard InChI is InChI=1S/C20H18ClN3O2/c21-16-6-7-17-14(10-16)9-15(19(25)23-17)12-24(11-13-4-5-13)20(26)18-3-1-2-8-22-18/h1-3,6-10,13H,4-5,11-12H2,(H,23,25). The summed E-state index contributed by atoms with van der Waals surface area (Å²) in [5.74, 6) is 0.361. The highest BCUT2D eigenvalue weighted by Crippen LogP contribution is 2.30. The predicted octanol–water partition coefficient (Wildman–Crippen LogP) is 3.63. The fraction of sp³-hybridized carbons (Fsp3) is 0.250. The molecular formula is C20H18ClN3O2. The van der Waals surface area contributed by atoms with Gasteiger partial charge in [-0.3, -0.25) is 14.6 Å². The Kier molecular flexibility index (Phi) is 4.47. The molecule has 0 radical (unpaired) electrons. The van der Waals surface area contributed by atoms with Crippen molar-refractivity contribution in [2.75, 3.05) is 6.54 Å². The summed E-state index contributed by atoms with van der Waals surface area (Å²) in [6, 6.07) is 12.4. The molecule has 1 fully saturated rings. The Hall–Kier alpha value is -2.66. The minimum atomic E-state index is -0.186. The van der Waals surface area contributed by atoms with Gasteiger partial charge in [-0.25, -0.2) is 0 Å². The number of carbonyl (C=O) groups excluding carboxylic acids is 1. The van der Waals surface area contributed by atoms with Crippen LogP contribution in [0.25, 0.3) is 10.9 Å². The molecule has 0 unspecified atom stereocenters. The second-order valence-corrected chi connectivity index (χ2v) is 7.14. The van der Waals surface area contributed by atoms with Crippen molar-refractivity contribution < 1.29 is 4.79 Å². The monoisotopic (exact) mass is 367 g/mol. The van der Waals surface area contributed by atoms with Crippen LogP contribution in [-0.4, -0.2) is 27.3 Å². The first-order valence-corrected chi connectivity index (χ1v) is 9.00. The Bertz CT molecular complexity index is 1010. The van der Waals surface area contributed by atoms with Crippen LogP contribution < -0.4 is 5.56 Å². The van der Waals surface area contributed by atoms with Gasteiger partial charge in [0.2, 0.25) is 0 Å². The molecule has 3 aromatic rings. The first-order valence-electron chi connectivity index (χ1n) is 8.62. The van der Waals surface area contributed by atoms with E-state index in [0.717, 1.165) is 23.7 Å². The summed E-state index contributed by atoms with van der Waals surface area (Å²) in [6.07, 6.45) is 3.85. The number of fused-ring (bicyclic) bond motifs is 1. The van der Waals surface area contributed by atoms with Gasteiger partial charge in [-0.05, 0) is 55.2 Å². The number of pyridine rings is 2. The van der Waals surface area contributed by atoms with Crippen LogP contribution in [0.2, 0.25) is 5.02 Å². The Labute approximate surface area is 155 Å². The van der Waals surface area contributed by atoms with Crippen LogP contribution in [0, 0.1) is 5.92 Å². The number of nitrogens with one attached hydrogen (secondary N) is 1. The van der Waals surface area contributed by atoms with Gasteiger partial charge >= 0.3 is 0 Å². The Morgan fingerprint density at radius 1 is 1.23 bits per heavy atom. The van der Waals surface area contributed by atoms with Gasteiger partial charge in [0.15, 0.2) is 0 Å². The molecule has 26 heavy (non-hydrogen) atoms. The molecule has 1 aliphatic rings.